The molecule has 0 aliphatic carbocycles. The summed E-state index contributed by atoms with van der Waals surface area (Å²) >= 11 is 0. The Morgan fingerprint density at radius 2 is 1.61 bits per heavy atom. The van der Waals surface area contributed by atoms with Gasteiger partial charge in [-0.1, -0.05) is 30.3 Å². The summed E-state index contributed by atoms with van der Waals surface area (Å²) in [7, 11) is 3.30. The van der Waals surface area contributed by atoms with Gasteiger partial charge >= 0.3 is 0 Å². The monoisotopic (exact) mass is 303 g/mol. The van der Waals surface area contributed by atoms with Gasteiger partial charge in [-0.25, -0.2) is 0 Å². The maximum atomic E-state index is 5.41. The van der Waals surface area contributed by atoms with Crippen molar-refractivity contribution >= 4 is 28.2 Å². The van der Waals surface area contributed by atoms with Crippen LogP contribution >= 0.6 is 0 Å². The first-order valence-corrected chi connectivity index (χ1v) is 7.53. The van der Waals surface area contributed by atoms with Crippen molar-refractivity contribution in [1.29, 1.82) is 0 Å². The topological polar surface area (TPSA) is 30.5 Å². The normalized spacial score (nSPS) is 12.5. The molecule has 0 saturated carbocycles. The number of anilines is 1. The molecule has 23 heavy (non-hydrogen) atoms. The van der Waals surface area contributed by atoms with Crippen LogP contribution < -0.4 is 14.8 Å². The molecule has 0 spiro atoms. The lowest BCUT2D eigenvalue weighted by atomic mass is 9.97. The number of ether oxygens (including phenoxy) is 2. The third kappa shape index (κ3) is 2.21. The molecule has 1 heterocycles. The number of hydrogen-bond acceptors (Lipinski definition) is 3. The predicted molar refractivity (Wildman–Crippen MR) is 95.0 cm³/mol. The summed E-state index contributed by atoms with van der Waals surface area (Å²) in [6.45, 7) is 0. The molecule has 1 N–H and O–H groups in total. The summed E-state index contributed by atoms with van der Waals surface area (Å²) in [6.07, 6.45) is 2.18. The zero-order valence-electron chi connectivity index (χ0n) is 13.1. The van der Waals surface area contributed by atoms with Gasteiger partial charge in [-0.2, -0.15) is 0 Å². The Kier molecular flexibility index (Phi) is 3.19. The SMILES string of the molecule is COc1ccc(C2=Cc3cccc4cccc(c34)N2)cc1OC. The molecule has 4 rings (SSSR count). The average molecular weight is 303 g/mol. The third-order valence-electron chi connectivity index (χ3n) is 4.20. The first kappa shape index (κ1) is 13.7. The molecule has 0 amide bonds. The molecule has 0 unspecified atom stereocenters. The second-order valence-electron chi connectivity index (χ2n) is 5.50. The van der Waals surface area contributed by atoms with Gasteiger partial charge in [-0.15, -0.1) is 0 Å². The van der Waals surface area contributed by atoms with E-state index >= 15 is 0 Å². The highest BCUT2D eigenvalue weighted by atomic mass is 16.5. The Labute approximate surface area is 135 Å². The number of hydrogen-bond donors (Lipinski definition) is 1. The molecule has 3 aromatic carbocycles. The number of benzene rings is 3. The van der Waals surface area contributed by atoms with E-state index in [1.54, 1.807) is 14.2 Å². The van der Waals surface area contributed by atoms with Crippen LogP contribution in [0.15, 0.2) is 54.6 Å². The molecule has 0 aromatic heterocycles. The summed E-state index contributed by atoms with van der Waals surface area (Å²) in [4.78, 5) is 0. The highest BCUT2D eigenvalue weighted by Crippen LogP contribution is 2.37. The second-order valence-corrected chi connectivity index (χ2v) is 5.50. The van der Waals surface area contributed by atoms with Crippen LogP contribution in [0.2, 0.25) is 0 Å². The maximum Gasteiger partial charge on any atom is 0.161 e. The molecule has 0 bridgehead atoms. The van der Waals surface area contributed by atoms with E-state index in [9.17, 15) is 0 Å². The van der Waals surface area contributed by atoms with Crippen LogP contribution in [0.1, 0.15) is 11.1 Å². The van der Waals surface area contributed by atoms with Gasteiger partial charge in [0.1, 0.15) is 0 Å². The van der Waals surface area contributed by atoms with E-state index in [-0.39, 0.29) is 0 Å². The lowest BCUT2D eigenvalue weighted by Crippen LogP contribution is -2.04. The first-order valence-electron chi connectivity index (χ1n) is 7.53. The zero-order valence-corrected chi connectivity index (χ0v) is 13.1. The molecule has 0 radical (unpaired) electrons. The molecule has 114 valence electrons. The summed E-state index contributed by atoms with van der Waals surface area (Å²) < 4.78 is 10.7. The number of methoxy groups -OCH3 is 2. The van der Waals surface area contributed by atoms with Gasteiger partial charge in [0, 0.05) is 22.3 Å². The first-order chi connectivity index (χ1) is 11.3. The fraction of sp³-hybridized carbons (Fsp3) is 0.100. The van der Waals surface area contributed by atoms with E-state index in [1.165, 1.54) is 16.3 Å². The minimum absolute atomic E-state index is 0.727. The lowest BCUT2D eigenvalue weighted by Gasteiger charge is -2.21. The Balaban J connectivity index is 1.85. The van der Waals surface area contributed by atoms with E-state index < -0.39 is 0 Å². The van der Waals surface area contributed by atoms with E-state index in [0.29, 0.717) is 0 Å². The smallest absolute Gasteiger partial charge is 0.161 e. The fourth-order valence-corrected chi connectivity index (χ4v) is 3.09. The van der Waals surface area contributed by atoms with Gasteiger partial charge < -0.3 is 14.8 Å². The Bertz CT molecular complexity index is 923. The van der Waals surface area contributed by atoms with E-state index in [2.05, 4.69) is 47.8 Å². The average Bonchev–Trinajstić information content (AvgIpc) is 2.61. The van der Waals surface area contributed by atoms with Gasteiger partial charge in [-0.05, 0) is 41.3 Å². The Morgan fingerprint density at radius 1 is 0.826 bits per heavy atom. The van der Waals surface area contributed by atoms with Crippen molar-refractivity contribution in [1.82, 2.24) is 0 Å². The van der Waals surface area contributed by atoms with Gasteiger partial charge in [-0.3, -0.25) is 0 Å². The number of nitrogens with one attached hydrogen (secondary N) is 1. The van der Waals surface area contributed by atoms with Crippen molar-refractivity contribution in [3.05, 3.63) is 65.7 Å². The summed E-state index contributed by atoms with van der Waals surface area (Å²) in [6, 6.07) is 18.7. The third-order valence-corrected chi connectivity index (χ3v) is 4.20. The summed E-state index contributed by atoms with van der Waals surface area (Å²) in [5.41, 5.74) is 4.47. The minimum atomic E-state index is 0.727. The highest BCUT2D eigenvalue weighted by Gasteiger charge is 2.15. The van der Waals surface area contributed by atoms with Crippen molar-refractivity contribution in [2.45, 2.75) is 0 Å². The van der Waals surface area contributed by atoms with Crippen molar-refractivity contribution in [2.75, 3.05) is 19.5 Å². The van der Waals surface area contributed by atoms with Crippen LogP contribution in [0.25, 0.3) is 22.5 Å². The van der Waals surface area contributed by atoms with E-state index in [1.807, 2.05) is 18.2 Å². The molecular weight excluding hydrogens is 286 g/mol. The molecule has 0 saturated heterocycles. The van der Waals surface area contributed by atoms with Crippen LogP contribution in [0, 0.1) is 0 Å². The summed E-state index contributed by atoms with van der Waals surface area (Å²) in [5.74, 6) is 1.46. The second kappa shape index (κ2) is 5.36. The van der Waals surface area contributed by atoms with Crippen molar-refractivity contribution < 1.29 is 9.47 Å². The van der Waals surface area contributed by atoms with Gasteiger partial charge in [0.25, 0.3) is 0 Å². The molecule has 3 aromatic rings. The molecular formula is C20H17NO2. The van der Waals surface area contributed by atoms with Gasteiger partial charge in [0.2, 0.25) is 0 Å². The van der Waals surface area contributed by atoms with E-state index in [4.69, 9.17) is 9.47 Å². The van der Waals surface area contributed by atoms with Crippen LogP contribution in [0.3, 0.4) is 0 Å². The van der Waals surface area contributed by atoms with Crippen LogP contribution in [-0.4, -0.2) is 14.2 Å². The van der Waals surface area contributed by atoms with E-state index in [0.717, 1.165) is 28.4 Å². The van der Waals surface area contributed by atoms with Gasteiger partial charge in [0.05, 0.1) is 14.2 Å². The molecule has 0 fully saturated rings. The molecule has 1 aliphatic heterocycles. The lowest BCUT2D eigenvalue weighted by molar-refractivity contribution is 0.355. The predicted octanol–water partition coefficient (Wildman–Crippen LogP) is 4.78. The Morgan fingerprint density at radius 3 is 2.39 bits per heavy atom. The Hall–Kier alpha value is -2.94. The van der Waals surface area contributed by atoms with Crippen LogP contribution in [-0.2, 0) is 0 Å². The van der Waals surface area contributed by atoms with Crippen molar-refractivity contribution in [3.63, 3.8) is 0 Å². The van der Waals surface area contributed by atoms with Crippen LogP contribution in [0.5, 0.6) is 11.5 Å². The molecule has 0 atom stereocenters. The highest BCUT2D eigenvalue weighted by molar-refractivity contribution is 6.09. The largest absolute Gasteiger partial charge is 0.493 e. The van der Waals surface area contributed by atoms with Crippen LogP contribution in [0.4, 0.5) is 5.69 Å². The number of rotatable bonds is 3. The molecule has 3 nitrogen and oxygen atoms in total. The quantitative estimate of drug-likeness (QED) is 0.755. The minimum Gasteiger partial charge on any atom is -0.493 e. The standard InChI is InChI=1S/C20H17NO2/c1-22-18-10-9-14(12-19(18)23-2)17-11-15-7-3-5-13-6-4-8-16(21-17)20(13)15/h3-12,21H,1-2H3. The zero-order chi connectivity index (χ0) is 15.8. The maximum absolute atomic E-state index is 5.41. The van der Waals surface area contributed by atoms with Crippen molar-refractivity contribution in [3.8, 4) is 11.5 Å². The van der Waals surface area contributed by atoms with Crippen molar-refractivity contribution in [2.24, 2.45) is 0 Å². The molecule has 3 heteroatoms. The summed E-state index contributed by atoms with van der Waals surface area (Å²) in [5, 5.41) is 6.04. The van der Waals surface area contributed by atoms with Gasteiger partial charge in [0.15, 0.2) is 11.5 Å². The fourth-order valence-electron chi connectivity index (χ4n) is 3.09. The molecule has 1 aliphatic rings.